The Labute approximate surface area is 129 Å². The van der Waals surface area contributed by atoms with Crippen LogP contribution in [0.2, 0.25) is 0 Å². The number of nitrogens with zero attached hydrogens (tertiary/aromatic N) is 1. The molecule has 0 spiro atoms. The van der Waals surface area contributed by atoms with Crippen LogP contribution in [-0.2, 0) is 14.6 Å². The third-order valence-corrected chi connectivity index (χ3v) is 6.49. The summed E-state index contributed by atoms with van der Waals surface area (Å²) in [5.41, 5.74) is 1.10. The van der Waals surface area contributed by atoms with Crippen LogP contribution >= 0.6 is 11.8 Å². The minimum Gasteiger partial charge on any atom is -0.390 e. The lowest BCUT2D eigenvalue weighted by Gasteiger charge is -2.26. The summed E-state index contributed by atoms with van der Waals surface area (Å²) in [6.07, 6.45) is -0.993. The predicted molar refractivity (Wildman–Crippen MR) is 83.1 cm³/mol. The zero-order valence-corrected chi connectivity index (χ0v) is 13.7. The van der Waals surface area contributed by atoms with Crippen molar-refractivity contribution in [3.05, 3.63) is 29.8 Å². The molecule has 21 heavy (non-hydrogen) atoms. The first-order chi connectivity index (χ1) is 9.80. The molecule has 1 fully saturated rings. The number of thioether (sulfide) groups is 1. The number of benzene rings is 1. The van der Waals surface area contributed by atoms with Crippen LogP contribution < -0.4 is 0 Å². The van der Waals surface area contributed by atoms with Crippen molar-refractivity contribution in [1.29, 1.82) is 0 Å². The fraction of sp³-hybridized carbons (Fsp3) is 0.500. The van der Waals surface area contributed by atoms with Gasteiger partial charge >= 0.3 is 0 Å². The summed E-state index contributed by atoms with van der Waals surface area (Å²) in [4.78, 5) is 14.6. The summed E-state index contributed by atoms with van der Waals surface area (Å²) in [5, 5.41) is 9.79. The molecule has 0 bridgehead atoms. The van der Waals surface area contributed by atoms with Crippen LogP contribution in [0, 0.1) is 6.92 Å². The van der Waals surface area contributed by atoms with Crippen molar-refractivity contribution in [2.24, 2.45) is 0 Å². The quantitative estimate of drug-likeness (QED) is 0.823. The number of hydrogen-bond donors (Lipinski definition) is 1. The van der Waals surface area contributed by atoms with Gasteiger partial charge in [-0.05, 0) is 18.6 Å². The summed E-state index contributed by atoms with van der Waals surface area (Å²) in [6, 6.07) is 7.13. The number of aliphatic hydroxyl groups excluding tert-OH is 1. The van der Waals surface area contributed by atoms with E-state index >= 15 is 0 Å². The molecule has 1 aromatic rings. The second-order valence-corrected chi connectivity index (χ2v) is 8.44. The molecule has 7 heteroatoms. The first kappa shape index (κ1) is 16.3. The standard InChI is InChI=1S/C14H19NO4S2/c1-10-5-3-4-6-13(10)20-7-14(17)15(2)11-8-21(18,19)9-12(11)16/h3-6,11-12,16H,7-9H2,1-2H3/t11-,12-/m1/s1. The summed E-state index contributed by atoms with van der Waals surface area (Å²) < 4.78 is 23.0. The Kier molecular flexibility index (Phi) is 4.95. The van der Waals surface area contributed by atoms with Crippen LogP contribution in [0.3, 0.4) is 0 Å². The van der Waals surface area contributed by atoms with Crippen molar-refractivity contribution in [2.75, 3.05) is 24.3 Å². The van der Waals surface area contributed by atoms with Crippen LogP contribution in [0.4, 0.5) is 0 Å². The molecule has 2 atom stereocenters. The minimum atomic E-state index is -3.25. The average Bonchev–Trinajstić information content (AvgIpc) is 2.70. The van der Waals surface area contributed by atoms with Crippen LogP contribution in [0.1, 0.15) is 5.56 Å². The molecule has 0 unspecified atom stereocenters. The van der Waals surface area contributed by atoms with E-state index in [1.54, 1.807) is 7.05 Å². The Balaban J connectivity index is 1.96. The molecule has 0 radical (unpaired) electrons. The molecule has 1 aliphatic heterocycles. The summed E-state index contributed by atoms with van der Waals surface area (Å²) in [7, 11) is -1.70. The van der Waals surface area contributed by atoms with Crippen LogP contribution in [0.5, 0.6) is 0 Å². The monoisotopic (exact) mass is 329 g/mol. The number of amides is 1. The Bertz CT molecular complexity index is 630. The number of hydrogen-bond acceptors (Lipinski definition) is 5. The summed E-state index contributed by atoms with van der Waals surface area (Å²) >= 11 is 1.42. The highest BCUT2D eigenvalue weighted by Gasteiger charge is 2.40. The highest BCUT2D eigenvalue weighted by Crippen LogP contribution is 2.23. The predicted octanol–water partition coefficient (Wildman–Crippen LogP) is 0.703. The van der Waals surface area contributed by atoms with Crippen molar-refractivity contribution in [1.82, 2.24) is 4.90 Å². The van der Waals surface area contributed by atoms with Crippen molar-refractivity contribution in [2.45, 2.75) is 24.0 Å². The van der Waals surface area contributed by atoms with Crippen LogP contribution in [0.15, 0.2) is 29.2 Å². The zero-order valence-electron chi connectivity index (χ0n) is 12.0. The average molecular weight is 329 g/mol. The van der Waals surface area contributed by atoms with Gasteiger partial charge in [-0.2, -0.15) is 0 Å². The van der Waals surface area contributed by atoms with Crippen molar-refractivity contribution >= 4 is 27.5 Å². The molecular weight excluding hydrogens is 310 g/mol. The Morgan fingerprint density at radius 1 is 1.38 bits per heavy atom. The van der Waals surface area contributed by atoms with E-state index < -0.39 is 22.0 Å². The third kappa shape index (κ3) is 3.99. The van der Waals surface area contributed by atoms with E-state index in [-0.39, 0.29) is 23.2 Å². The van der Waals surface area contributed by atoms with Gasteiger partial charge in [-0.1, -0.05) is 18.2 Å². The lowest BCUT2D eigenvalue weighted by Crippen LogP contribution is -2.44. The van der Waals surface area contributed by atoms with Crippen molar-refractivity contribution in [3.8, 4) is 0 Å². The maximum Gasteiger partial charge on any atom is 0.233 e. The molecule has 1 N–H and O–H groups in total. The number of carbonyl (C=O) groups excluding carboxylic acids is 1. The van der Waals surface area contributed by atoms with Gasteiger partial charge in [0.2, 0.25) is 5.91 Å². The maximum absolute atomic E-state index is 12.2. The molecular formula is C14H19NO4S2. The summed E-state index contributed by atoms with van der Waals surface area (Å²) in [6.45, 7) is 1.98. The maximum atomic E-state index is 12.2. The van der Waals surface area contributed by atoms with Gasteiger partial charge in [0.1, 0.15) is 0 Å². The second kappa shape index (κ2) is 6.37. The fourth-order valence-corrected chi connectivity index (χ4v) is 5.12. The number of likely N-dealkylation sites (N-methyl/N-ethyl adjacent to an activating group) is 1. The molecule has 0 saturated carbocycles. The first-order valence-corrected chi connectivity index (χ1v) is 9.43. The SMILES string of the molecule is Cc1ccccc1SCC(=O)N(C)[C@@H]1CS(=O)(=O)C[C@H]1O. The highest BCUT2D eigenvalue weighted by molar-refractivity contribution is 8.00. The lowest BCUT2D eigenvalue weighted by molar-refractivity contribution is -0.130. The molecule has 1 saturated heterocycles. The molecule has 1 amide bonds. The number of rotatable bonds is 4. The van der Waals surface area contributed by atoms with Gasteiger partial charge in [-0.15, -0.1) is 11.8 Å². The van der Waals surface area contributed by atoms with Gasteiger partial charge in [0.15, 0.2) is 9.84 Å². The van der Waals surface area contributed by atoms with E-state index in [4.69, 9.17) is 0 Å². The normalized spacial score (nSPS) is 24.0. The Morgan fingerprint density at radius 2 is 2.05 bits per heavy atom. The Hall–Kier alpha value is -1.05. The molecule has 0 aliphatic carbocycles. The van der Waals surface area contributed by atoms with E-state index in [0.29, 0.717) is 0 Å². The van der Waals surface area contributed by atoms with Crippen molar-refractivity contribution in [3.63, 3.8) is 0 Å². The topological polar surface area (TPSA) is 74.7 Å². The van der Waals surface area contributed by atoms with Crippen molar-refractivity contribution < 1.29 is 18.3 Å². The van der Waals surface area contributed by atoms with Gasteiger partial charge in [0, 0.05) is 11.9 Å². The molecule has 0 aromatic heterocycles. The smallest absolute Gasteiger partial charge is 0.233 e. The lowest BCUT2D eigenvalue weighted by atomic mass is 10.2. The number of aliphatic hydroxyl groups is 1. The number of carbonyl (C=O) groups is 1. The molecule has 2 rings (SSSR count). The van der Waals surface area contributed by atoms with E-state index in [1.807, 2.05) is 31.2 Å². The number of aryl methyl sites for hydroxylation is 1. The fourth-order valence-electron chi connectivity index (χ4n) is 2.33. The summed E-state index contributed by atoms with van der Waals surface area (Å²) in [5.74, 6) is -0.375. The molecule has 1 aromatic carbocycles. The molecule has 1 heterocycles. The van der Waals surface area contributed by atoms with Gasteiger partial charge in [0.05, 0.1) is 29.4 Å². The number of sulfone groups is 1. The largest absolute Gasteiger partial charge is 0.390 e. The highest BCUT2D eigenvalue weighted by atomic mass is 32.2. The first-order valence-electron chi connectivity index (χ1n) is 6.63. The zero-order chi connectivity index (χ0) is 15.6. The van der Waals surface area contributed by atoms with E-state index in [9.17, 15) is 18.3 Å². The van der Waals surface area contributed by atoms with E-state index in [2.05, 4.69) is 0 Å². The van der Waals surface area contributed by atoms with Crippen LogP contribution in [-0.4, -0.2) is 60.8 Å². The second-order valence-electron chi connectivity index (χ2n) is 5.27. The van der Waals surface area contributed by atoms with Gasteiger partial charge in [0.25, 0.3) is 0 Å². The van der Waals surface area contributed by atoms with E-state index in [1.165, 1.54) is 16.7 Å². The van der Waals surface area contributed by atoms with Gasteiger partial charge in [-0.3, -0.25) is 4.79 Å². The third-order valence-electron chi connectivity index (χ3n) is 3.63. The molecule has 5 nitrogen and oxygen atoms in total. The van der Waals surface area contributed by atoms with Gasteiger partial charge < -0.3 is 10.0 Å². The minimum absolute atomic E-state index is 0.161. The Morgan fingerprint density at radius 3 is 2.62 bits per heavy atom. The molecule has 116 valence electrons. The van der Waals surface area contributed by atoms with Gasteiger partial charge in [-0.25, -0.2) is 8.42 Å². The molecule has 1 aliphatic rings. The van der Waals surface area contributed by atoms with E-state index in [0.717, 1.165) is 10.5 Å². The van der Waals surface area contributed by atoms with Crippen LogP contribution in [0.25, 0.3) is 0 Å².